The van der Waals surface area contributed by atoms with Gasteiger partial charge in [0.15, 0.2) is 5.82 Å². The monoisotopic (exact) mass is 376 g/mol. The Morgan fingerprint density at radius 2 is 2.07 bits per heavy atom. The van der Waals surface area contributed by atoms with Crippen LogP contribution in [0.5, 0.6) is 0 Å². The van der Waals surface area contributed by atoms with E-state index in [1.807, 2.05) is 0 Å². The second-order valence-electron chi connectivity index (χ2n) is 6.28. The molecule has 10 heteroatoms. The molecule has 0 saturated heterocycles. The van der Waals surface area contributed by atoms with Crippen LogP contribution in [0.1, 0.15) is 32.9 Å². The molecular weight excluding hydrogens is 361 g/mol. The molecule has 7 nitrogen and oxygen atoms in total. The number of benzene rings is 1. The van der Waals surface area contributed by atoms with Crippen molar-refractivity contribution in [3.05, 3.63) is 58.5 Å². The van der Waals surface area contributed by atoms with Crippen LogP contribution in [-0.2, 0) is 19.1 Å². The zero-order valence-corrected chi connectivity index (χ0v) is 14.3. The zero-order chi connectivity index (χ0) is 19.2. The summed E-state index contributed by atoms with van der Waals surface area (Å²) >= 11 is 0. The molecule has 0 radical (unpaired) electrons. The fraction of sp³-hybridized carbons (Fsp3) is 0.294. The van der Waals surface area contributed by atoms with E-state index in [1.54, 1.807) is 16.9 Å². The third kappa shape index (κ3) is 2.96. The van der Waals surface area contributed by atoms with Crippen molar-refractivity contribution in [1.82, 2.24) is 30.1 Å². The van der Waals surface area contributed by atoms with Crippen LogP contribution < -0.4 is 0 Å². The molecule has 1 amide bonds. The number of halogens is 3. The van der Waals surface area contributed by atoms with Gasteiger partial charge in [-0.3, -0.25) is 9.89 Å². The third-order valence-electron chi connectivity index (χ3n) is 4.66. The number of aromatic amines is 1. The van der Waals surface area contributed by atoms with Crippen molar-refractivity contribution < 1.29 is 18.0 Å². The minimum Gasteiger partial charge on any atom is -0.332 e. The van der Waals surface area contributed by atoms with Crippen LogP contribution in [0.4, 0.5) is 13.2 Å². The molecule has 3 heterocycles. The average molecular weight is 376 g/mol. The summed E-state index contributed by atoms with van der Waals surface area (Å²) in [5.74, 6) is 0.149. The second-order valence-corrected chi connectivity index (χ2v) is 6.28. The van der Waals surface area contributed by atoms with Gasteiger partial charge in [0.2, 0.25) is 0 Å². The minimum atomic E-state index is -4.50. The van der Waals surface area contributed by atoms with Crippen LogP contribution in [0.3, 0.4) is 0 Å². The van der Waals surface area contributed by atoms with E-state index in [2.05, 4.69) is 20.5 Å². The Morgan fingerprint density at radius 1 is 1.26 bits per heavy atom. The van der Waals surface area contributed by atoms with E-state index in [9.17, 15) is 18.0 Å². The number of nitrogens with one attached hydrogen (secondary N) is 1. The van der Waals surface area contributed by atoms with E-state index in [4.69, 9.17) is 0 Å². The molecule has 2 aromatic heterocycles. The van der Waals surface area contributed by atoms with Gasteiger partial charge in [-0.05, 0) is 24.6 Å². The van der Waals surface area contributed by atoms with E-state index in [1.165, 1.54) is 24.0 Å². The number of alkyl halides is 3. The number of hydrogen-bond donors (Lipinski definition) is 1. The first-order chi connectivity index (χ1) is 12.9. The van der Waals surface area contributed by atoms with Crippen molar-refractivity contribution in [2.75, 3.05) is 6.54 Å². The molecule has 0 atom stereocenters. The summed E-state index contributed by atoms with van der Waals surface area (Å²) in [4.78, 5) is 14.3. The maximum absolute atomic E-state index is 13.1. The quantitative estimate of drug-likeness (QED) is 0.745. The zero-order valence-electron chi connectivity index (χ0n) is 14.3. The second kappa shape index (κ2) is 6.22. The smallest absolute Gasteiger partial charge is 0.332 e. The Balaban J connectivity index is 1.61. The number of hydrogen-bond acceptors (Lipinski definition) is 4. The molecule has 3 aromatic rings. The van der Waals surface area contributed by atoms with Gasteiger partial charge in [-0.15, -0.1) is 5.10 Å². The van der Waals surface area contributed by atoms with E-state index in [-0.39, 0.29) is 17.7 Å². The lowest BCUT2D eigenvalue weighted by Crippen LogP contribution is -2.37. The molecule has 0 aliphatic carbocycles. The summed E-state index contributed by atoms with van der Waals surface area (Å²) in [6.45, 7) is 1.87. The number of carbonyl (C=O) groups excluding carboxylic acids is 1. The van der Waals surface area contributed by atoms with Crippen LogP contribution in [0.15, 0.2) is 30.5 Å². The highest BCUT2D eigenvalue weighted by Crippen LogP contribution is 2.33. The van der Waals surface area contributed by atoms with Crippen molar-refractivity contribution >= 4 is 5.91 Å². The van der Waals surface area contributed by atoms with Gasteiger partial charge in [0.25, 0.3) is 5.91 Å². The summed E-state index contributed by atoms with van der Waals surface area (Å²) in [5, 5.41) is 14.9. The number of amides is 1. The fourth-order valence-corrected chi connectivity index (χ4v) is 3.28. The standard InChI is InChI=1S/C17H15F3N6O/c1-10-11(3-2-4-12(10)17(18,19)20)16(27)25-8-6-14-13(9-25)22-24-26(14)15-5-7-21-23-15/h2-5,7H,6,8-9H2,1H3,(H,21,23). The number of rotatable bonds is 2. The Hall–Kier alpha value is -3.17. The Labute approximate surface area is 151 Å². The SMILES string of the molecule is Cc1c(C(=O)N2CCc3c(nnn3-c3cc[nH]n3)C2)cccc1C(F)(F)F. The molecule has 1 aliphatic rings. The fourth-order valence-electron chi connectivity index (χ4n) is 3.28. The van der Waals surface area contributed by atoms with Crippen molar-refractivity contribution in [1.29, 1.82) is 0 Å². The first kappa shape index (κ1) is 17.3. The van der Waals surface area contributed by atoms with E-state index < -0.39 is 17.6 Å². The maximum atomic E-state index is 13.1. The summed E-state index contributed by atoms with van der Waals surface area (Å²) in [5.41, 5.74) is 0.638. The first-order valence-electron chi connectivity index (χ1n) is 8.26. The lowest BCUT2D eigenvalue weighted by molar-refractivity contribution is -0.138. The molecule has 1 aliphatic heterocycles. The lowest BCUT2D eigenvalue weighted by atomic mass is 10.00. The molecule has 1 aromatic carbocycles. The summed E-state index contributed by atoms with van der Waals surface area (Å²) in [7, 11) is 0. The Bertz CT molecular complexity index is 993. The molecule has 140 valence electrons. The number of aromatic nitrogens is 5. The average Bonchev–Trinajstić information content (AvgIpc) is 3.29. The van der Waals surface area contributed by atoms with Crippen molar-refractivity contribution in [3.63, 3.8) is 0 Å². The minimum absolute atomic E-state index is 0.0490. The predicted molar refractivity (Wildman–Crippen MR) is 88.1 cm³/mol. The molecule has 0 unspecified atom stereocenters. The topological polar surface area (TPSA) is 79.7 Å². The van der Waals surface area contributed by atoms with Gasteiger partial charge in [0.05, 0.1) is 17.8 Å². The van der Waals surface area contributed by atoms with E-state index in [0.29, 0.717) is 24.5 Å². The van der Waals surface area contributed by atoms with Crippen LogP contribution in [0.2, 0.25) is 0 Å². The van der Waals surface area contributed by atoms with Gasteiger partial charge >= 0.3 is 6.18 Å². The molecule has 4 rings (SSSR count). The molecule has 0 bridgehead atoms. The largest absolute Gasteiger partial charge is 0.416 e. The normalized spacial score (nSPS) is 14.3. The van der Waals surface area contributed by atoms with Crippen LogP contribution in [0, 0.1) is 6.92 Å². The highest BCUT2D eigenvalue weighted by atomic mass is 19.4. The van der Waals surface area contributed by atoms with Crippen LogP contribution >= 0.6 is 0 Å². The number of carbonyl (C=O) groups is 1. The molecule has 0 fully saturated rings. The van der Waals surface area contributed by atoms with Gasteiger partial charge in [-0.2, -0.15) is 23.0 Å². The molecule has 0 spiro atoms. The number of fused-ring (bicyclic) bond motifs is 1. The maximum Gasteiger partial charge on any atom is 0.416 e. The van der Waals surface area contributed by atoms with Gasteiger partial charge in [-0.25, -0.2) is 0 Å². The Kier molecular flexibility index (Phi) is 3.97. The first-order valence-corrected chi connectivity index (χ1v) is 8.26. The van der Waals surface area contributed by atoms with Crippen molar-refractivity contribution in [2.24, 2.45) is 0 Å². The summed E-state index contributed by atoms with van der Waals surface area (Å²) < 4.78 is 40.9. The highest BCUT2D eigenvalue weighted by Gasteiger charge is 2.35. The van der Waals surface area contributed by atoms with Gasteiger partial charge in [-0.1, -0.05) is 11.3 Å². The van der Waals surface area contributed by atoms with E-state index >= 15 is 0 Å². The molecule has 27 heavy (non-hydrogen) atoms. The lowest BCUT2D eigenvalue weighted by Gasteiger charge is -2.27. The van der Waals surface area contributed by atoms with Gasteiger partial charge in [0, 0.05) is 30.8 Å². The van der Waals surface area contributed by atoms with Crippen molar-refractivity contribution in [3.8, 4) is 5.82 Å². The number of nitrogens with zero attached hydrogens (tertiary/aromatic N) is 5. The molecule has 0 saturated carbocycles. The molecule has 1 N–H and O–H groups in total. The summed E-state index contributed by atoms with van der Waals surface area (Å²) in [6, 6.07) is 5.41. The third-order valence-corrected chi connectivity index (χ3v) is 4.66. The van der Waals surface area contributed by atoms with Crippen LogP contribution in [0.25, 0.3) is 5.82 Å². The molecular formula is C17H15F3N6O. The van der Waals surface area contributed by atoms with Crippen LogP contribution in [-0.4, -0.2) is 42.5 Å². The van der Waals surface area contributed by atoms with Gasteiger partial charge < -0.3 is 4.90 Å². The highest BCUT2D eigenvalue weighted by molar-refractivity contribution is 5.96. The number of H-pyrrole nitrogens is 1. The predicted octanol–water partition coefficient (Wildman–Crippen LogP) is 2.52. The Morgan fingerprint density at radius 3 is 2.78 bits per heavy atom. The van der Waals surface area contributed by atoms with Crippen molar-refractivity contribution in [2.45, 2.75) is 26.1 Å². The summed E-state index contributed by atoms with van der Waals surface area (Å²) in [6.07, 6.45) is -2.35. The van der Waals surface area contributed by atoms with E-state index in [0.717, 1.165) is 11.8 Å². The van der Waals surface area contributed by atoms with Gasteiger partial charge in [0.1, 0.15) is 5.69 Å².